The maximum Gasteiger partial charge on any atom is 0.248 e. The summed E-state index contributed by atoms with van der Waals surface area (Å²) in [6.45, 7) is 5.06. The zero-order valence-electron chi connectivity index (χ0n) is 13.1. The Labute approximate surface area is 137 Å². The van der Waals surface area contributed by atoms with Gasteiger partial charge in [0, 0.05) is 17.9 Å². The molecule has 0 spiro atoms. The second-order valence-electron chi connectivity index (χ2n) is 5.46. The molecule has 2 amide bonds. The van der Waals surface area contributed by atoms with Gasteiger partial charge in [0.2, 0.25) is 11.8 Å². The molecule has 2 aromatic rings. The smallest absolute Gasteiger partial charge is 0.248 e. The zero-order chi connectivity index (χ0) is 17.0. The van der Waals surface area contributed by atoms with Gasteiger partial charge in [0.1, 0.15) is 11.9 Å². The predicted octanol–water partition coefficient (Wildman–Crippen LogP) is 3.05. The van der Waals surface area contributed by atoms with Crippen LogP contribution in [0.5, 0.6) is 0 Å². The molecular formula is C16H18FN3O2S. The topological polar surface area (TPSA) is 71.1 Å². The van der Waals surface area contributed by atoms with Gasteiger partial charge < -0.3 is 10.6 Å². The number of benzene rings is 1. The first-order valence-corrected chi connectivity index (χ1v) is 8.04. The molecule has 0 aliphatic carbocycles. The maximum atomic E-state index is 13.3. The SMILES string of the molecule is CC(=O)N[C@H](C(=O)Nc1nc(-c2cccc(F)c2)cs1)C(C)C. The summed E-state index contributed by atoms with van der Waals surface area (Å²) < 4.78 is 13.3. The number of hydrogen-bond donors (Lipinski definition) is 2. The van der Waals surface area contributed by atoms with Crippen molar-refractivity contribution in [2.45, 2.75) is 26.8 Å². The van der Waals surface area contributed by atoms with Crippen molar-refractivity contribution < 1.29 is 14.0 Å². The van der Waals surface area contributed by atoms with Gasteiger partial charge in [-0.25, -0.2) is 9.37 Å². The van der Waals surface area contributed by atoms with Gasteiger partial charge in [0.15, 0.2) is 5.13 Å². The number of aromatic nitrogens is 1. The minimum atomic E-state index is -0.631. The summed E-state index contributed by atoms with van der Waals surface area (Å²) in [4.78, 5) is 27.8. The van der Waals surface area contributed by atoms with Gasteiger partial charge in [-0.3, -0.25) is 9.59 Å². The minimum absolute atomic E-state index is 0.0541. The molecule has 5 nitrogen and oxygen atoms in total. The van der Waals surface area contributed by atoms with E-state index in [1.54, 1.807) is 17.5 Å². The lowest BCUT2D eigenvalue weighted by atomic mass is 10.0. The van der Waals surface area contributed by atoms with Gasteiger partial charge >= 0.3 is 0 Å². The molecule has 0 fully saturated rings. The summed E-state index contributed by atoms with van der Waals surface area (Å²) in [5.74, 6) is -0.984. The van der Waals surface area contributed by atoms with Gasteiger partial charge in [-0.2, -0.15) is 0 Å². The van der Waals surface area contributed by atoms with E-state index in [2.05, 4.69) is 15.6 Å². The normalized spacial score (nSPS) is 12.0. The summed E-state index contributed by atoms with van der Waals surface area (Å²) in [6, 6.07) is 5.47. The third-order valence-corrected chi connectivity index (χ3v) is 3.92. The third kappa shape index (κ3) is 4.59. The number of carbonyl (C=O) groups excluding carboxylic acids is 2. The van der Waals surface area contributed by atoms with Crippen molar-refractivity contribution in [3.05, 3.63) is 35.5 Å². The van der Waals surface area contributed by atoms with Crippen molar-refractivity contribution in [3.63, 3.8) is 0 Å². The van der Waals surface area contributed by atoms with Crippen LogP contribution in [0.25, 0.3) is 11.3 Å². The number of halogens is 1. The number of anilines is 1. The van der Waals surface area contributed by atoms with Crippen molar-refractivity contribution in [2.24, 2.45) is 5.92 Å². The van der Waals surface area contributed by atoms with Gasteiger partial charge in [0.05, 0.1) is 5.69 Å². The van der Waals surface area contributed by atoms with E-state index in [0.717, 1.165) is 0 Å². The molecule has 1 aromatic heterocycles. The van der Waals surface area contributed by atoms with Crippen LogP contribution in [0.4, 0.5) is 9.52 Å². The molecule has 0 saturated heterocycles. The summed E-state index contributed by atoms with van der Waals surface area (Å²) in [7, 11) is 0. The lowest BCUT2D eigenvalue weighted by Gasteiger charge is -2.20. The number of thiazole rings is 1. The Bertz CT molecular complexity index is 715. The second-order valence-corrected chi connectivity index (χ2v) is 6.32. The first kappa shape index (κ1) is 17.1. The summed E-state index contributed by atoms with van der Waals surface area (Å²) in [5, 5.41) is 7.47. The highest BCUT2D eigenvalue weighted by molar-refractivity contribution is 7.14. The molecule has 0 unspecified atom stereocenters. The van der Waals surface area contributed by atoms with Crippen LogP contribution in [0.15, 0.2) is 29.6 Å². The number of nitrogens with zero attached hydrogens (tertiary/aromatic N) is 1. The van der Waals surface area contributed by atoms with E-state index in [-0.39, 0.29) is 23.5 Å². The fraction of sp³-hybridized carbons (Fsp3) is 0.312. The van der Waals surface area contributed by atoms with E-state index >= 15 is 0 Å². The van der Waals surface area contributed by atoms with E-state index in [9.17, 15) is 14.0 Å². The van der Waals surface area contributed by atoms with Gasteiger partial charge in [0.25, 0.3) is 0 Å². The minimum Gasteiger partial charge on any atom is -0.344 e. The van der Waals surface area contributed by atoms with Crippen LogP contribution in [-0.2, 0) is 9.59 Å². The van der Waals surface area contributed by atoms with Crippen LogP contribution in [0.1, 0.15) is 20.8 Å². The summed E-state index contributed by atoms with van der Waals surface area (Å²) in [6.07, 6.45) is 0. The molecule has 1 aromatic carbocycles. The summed E-state index contributed by atoms with van der Waals surface area (Å²) >= 11 is 1.25. The van der Waals surface area contributed by atoms with Crippen molar-refractivity contribution in [1.82, 2.24) is 10.3 Å². The quantitative estimate of drug-likeness (QED) is 0.882. The molecule has 0 aliphatic heterocycles. The van der Waals surface area contributed by atoms with E-state index in [0.29, 0.717) is 16.4 Å². The molecule has 23 heavy (non-hydrogen) atoms. The Morgan fingerprint density at radius 3 is 2.65 bits per heavy atom. The zero-order valence-corrected chi connectivity index (χ0v) is 13.9. The van der Waals surface area contributed by atoms with Crippen LogP contribution in [0.2, 0.25) is 0 Å². The third-order valence-electron chi connectivity index (χ3n) is 3.16. The molecule has 1 atom stereocenters. The lowest BCUT2D eigenvalue weighted by Crippen LogP contribution is -2.46. The maximum absolute atomic E-state index is 13.3. The molecular weight excluding hydrogens is 317 g/mol. The highest BCUT2D eigenvalue weighted by Crippen LogP contribution is 2.25. The van der Waals surface area contributed by atoms with Crippen LogP contribution < -0.4 is 10.6 Å². The molecule has 2 N–H and O–H groups in total. The first-order valence-electron chi connectivity index (χ1n) is 7.16. The standard InChI is InChI=1S/C16H18FN3O2S/c1-9(2)14(18-10(3)21)15(22)20-16-19-13(8-23-16)11-5-4-6-12(17)7-11/h4-9,14H,1-3H3,(H,18,21)(H,19,20,22)/t14-/m0/s1. The van der Waals surface area contributed by atoms with Crippen LogP contribution in [0, 0.1) is 11.7 Å². The Morgan fingerprint density at radius 1 is 1.30 bits per heavy atom. The Hall–Kier alpha value is -2.28. The number of rotatable bonds is 5. The molecule has 0 radical (unpaired) electrons. The Morgan fingerprint density at radius 2 is 2.04 bits per heavy atom. The van der Waals surface area contributed by atoms with Crippen molar-refractivity contribution >= 4 is 28.3 Å². The number of carbonyl (C=O) groups is 2. The Kier molecular flexibility index (Phi) is 5.44. The predicted molar refractivity (Wildman–Crippen MR) is 88.6 cm³/mol. The van der Waals surface area contributed by atoms with E-state index in [1.807, 2.05) is 13.8 Å². The lowest BCUT2D eigenvalue weighted by molar-refractivity contribution is -0.126. The van der Waals surface area contributed by atoms with Crippen LogP contribution in [0.3, 0.4) is 0 Å². The number of nitrogens with one attached hydrogen (secondary N) is 2. The molecule has 2 rings (SSSR count). The molecule has 7 heteroatoms. The van der Waals surface area contributed by atoms with E-state index < -0.39 is 6.04 Å². The average Bonchev–Trinajstić information content (AvgIpc) is 2.92. The monoisotopic (exact) mass is 335 g/mol. The van der Waals surface area contributed by atoms with Gasteiger partial charge in [-0.05, 0) is 18.1 Å². The largest absolute Gasteiger partial charge is 0.344 e. The second kappa shape index (κ2) is 7.32. The molecule has 0 bridgehead atoms. The van der Waals surface area contributed by atoms with Crippen molar-refractivity contribution in [1.29, 1.82) is 0 Å². The van der Waals surface area contributed by atoms with Gasteiger partial charge in [-0.15, -0.1) is 11.3 Å². The molecule has 1 heterocycles. The van der Waals surface area contributed by atoms with E-state index in [4.69, 9.17) is 0 Å². The van der Waals surface area contributed by atoms with Crippen molar-refractivity contribution in [3.8, 4) is 11.3 Å². The van der Waals surface area contributed by atoms with Crippen molar-refractivity contribution in [2.75, 3.05) is 5.32 Å². The molecule has 122 valence electrons. The number of hydrogen-bond acceptors (Lipinski definition) is 4. The fourth-order valence-electron chi connectivity index (χ4n) is 2.05. The van der Waals surface area contributed by atoms with Gasteiger partial charge in [-0.1, -0.05) is 26.0 Å². The first-order chi connectivity index (χ1) is 10.9. The molecule has 0 aliphatic rings. The highest BCUT2D eigenvalue weighted by Gasteiger charge is 2.23. The van der Waals surface area contributed by atoms with E-state index in [1.165, 1.54) is 30.4 Å². The van der Waals surface area contributed by atoms with Crippen LogP contribution >= 0.6 is 11.3 Å². The summed E-state index contributed by atoms with van der Waals surface area (Å²) in [5.41, 5.74) is 1.23. The fourth-order valence-corrected chi connectivity index (χ4v) is 2.77. The Balaban J connectivity index is 2.11. The van der Waals surface area contributed by atoms with Crippen LogP contribution in [-0.4, -0.2) is 22.8 Å². The number of amides is 2. The average molecular weight is 335 g/mol. The highest BCUT2D eigenvalue weighted by atomic mass is 32.1. The molecule has 0 saturated carbocycles.